The maximum absolute atomic E-state index is 12.5. The lowest BCUT2D eigenvalue weighted by atomic mass is 9.90. The highest BCUT2D eigenvalue weighted by Gasteiger charge is 2.20. The number of carbonyl (C=O) groups is 1. The largest absolute Gasteiger partial charge is 0.494 e. The summed E-state index contributed by atoms with van der Waals surface area (Å²) in [4.78, 5) is 39.7. The average Bonchev–Trinajstić information content (AvgIpc) is 2.79. The van der Waals surface area contributed by atoms with Gasteiger partial charge in [-0.3, -0.25) is 14.6 Å². The first-order valence-corrected chi connectivity index (χ1v) is 10.3. The van der Waals surface area contributed by atoms with E-state index in [1.165, 1.54) is 12.2 Å². The number of nitrogens with one attached hydrogen (secondary N) is 1. The zero-order valence-electron chi connectivity index (χ0n) is 17.5. The number of benzene rings is 2. The molecule has 0 fully saturated rings. The van der Waals surface area contributed by atoms with Gasteiger partial charge < -0.3 is 9.84 Å². The predicted octanol–water partition coefficient (Wildman–Crippen LogP) is 3.55. The molecule has 0 atom stereocenters. The van der Waals surface area contributed by atoms with Crippen LogP contribution in [0.2, 0.25) is 0 Å². The zero-order valence-corrected chi connectivity index (χ0v) is 17.5. The standard InChI is InChI=1S/C25H22N2O5/c1-2-3-14-32-18-11-9-17(10-12-18)27-24(30)21(23(29)26-25(27)31)15-20-19-7-5-4-6-16(19)8-13-22(20)28/h4-13,15,30H,2-3,14H2,1H3,(H,26,29,31). The van der Waals surface area contributed by atoms with Gasteiger partial charge in [0.25, 0.3) is 5.56 Å². The summed E-state index contributed by atoms with van der Waals surface area (Å²) in [5, 5.41) is 10.8. The van der Waals surface area contributed by atoms with Crippen molar-refractivity contribution < 1.29 is 14.6 Å². The maximum Gasteiger partial charge on any atom is 0.335 e. The van der Waals surface area contributed by atoms with E-state index in [4.69, 9.17) is 4.74 Å². The Labute approximate surface area is 183 Å². The number of rotatable bonds is 6. The van der Waals surface area contributed by atoms with Gasteiger partial charge in [0.1, 0.15) is 11.3 Å². The van der Waals surface area contributed by atoms with E-state index < -0.39 is 17.1 Å². The van der Waals surface area contributed by atoms with Crippen LogP contribution in [0.5, 0.6) is 11.6 Å². The van der Waals surface area contributed by atoms with Crippen molar-refractivity contribution in [3.05, 3.63) is 92.1 Å². The van der Waals surface area contributed by atoms with Crippen LogP contribution >= 0.6 is 0 Å². The predicted molar refractivity (Wildman–Crippen MR) is 123 cm³/mol. The fourth-order valence-electron chi connectivity index (χ4n) is 3.50. The molecular formula is C25H22N2O5. The van der Waals surface area contributed by atoms with Crippen LogP contribution in [0.25, 0.3) is 23.4 Å². The van der Waals surface area contributed by atoms with Crippen LogP contribution in [0.4, 0.5) is 0 Å². The molecule has 0 spiro atoms. The summed E-state index contributed by atoms with van der Waals surface area (Å²) >= 11 is 0. The number of unbranched alkanes of at least 4 members (excludes halogenated alkanes) is 1. The Kier molecular flexibility index (Phi) is 5.89. The van der Waals surface area contributed by atoms with Gasteiger partial charge in [0.15, 0.2) is 5.78 Å². The van der Waals surface area contributed by atoms with Crippen molar-refractivity contribution in [3.8, 4) is 17.3 Å². The van der Waals surface area contributed by atoms with Gasteiger partial charge in [0.05, 0.1) is 12.3 Å². The van der Waals surface area contributed by atoms with Gasteiger partial charge in [-0.15, -0.1) is 0 Å². The summed E-state index contributed by atoms with van der Waals surface area (Å²) in [5.41, 5.74) is 0.322. The Balaban J connectivity index is 1.78. The lowest BCUT2D eigenvalue weighted by molar-refractivity contribution is -0.109. The van der Waals surface area contributed by atoms with Crippen molar-refractivity contribution in [1.29, 1.82) is 0 Å². The highest BCUT2D eigenvalue weighted by atomic mass is 16.5. The number of H-pyrrole nitrogens is 1. The van der Waals surface area contributed by atoms with Gasteiger partial charge in [-0.2, -0.15) is 0 Å². The van der Waals surface area contributed by atoms with Crippen molar-refractivity contribution in [2.24, 2.45) is 0 Å². The molecule has 0 saturated carbocycles. The van der Waals surface area contributed by atoms with Crippen molar-refractivity contribution >= 4 is 23.5 Å². The lowest BCUT2D eigenvalue weighted by Gasteiger charge is -2.14. The monoisotopic (exact) mass is 430 g/mol. The minimum atomic E-state index is -0.787. The summed E-state index contributed by atoms with van der Waals surface area (Å²) in [5.74, 6) is -0.211. The molecule has 0 bridgehead atoms. The lowest BCUT2D eigenvalue weighted by Crippen LogP contribution is -2.30. The number of hydrogen-bond acceptors (Lipinski definition) is 5. The van der Waals surface area contributed by atoms with Gasteiger partial charge in [-0.05, 0) is 54.0 Å². The van der Waals surface area contributed by atoms with E-state index in [0.717, 1.165) is 23.0 Å². The Morgan fingerprint density at radius 1 is 1.03 bits per heavy atom. The van der Waals surface area contributed by atoms with Crippen LogP contribution in [0.3, 0.4) is 0 Å². The first-order chi connectivity index (χ1) is 15.5. The van der Waals surface area contributed by atoms with E-state index >= 15 is 0 Å². The van der Waals surface area contributed by atoms with Crippen LogP contribution in [0, 0.1) is 0 Å². The summed E-state index contributed by atoms with van der Waals surface area (Å²) in [7, 11) is 0. The third-order valence-corrected chi connectivity index (χ3v) is 5.20. The molecule has 0 aliphatic heterocycles. The average molecular weight is 430 g/mol. The van der Waals surface area contributed by atoms with Crippen LogP contribution in [0.15, 0.2) is 64.2 Å². The van der Waals surface area contributed by atoms with Crippen LogP contribution in [-0.4, -0.2) is 27.0 Å². The van der Waals surface area contributed by atoms with Crippen LogP contribution < -0.4 is 16.0 Å². The third-order valence-electron chi connectivity index (χ3n) is 5.20. The fourth-order valence-corrected chi connectivity index (χ4v) is 3.50. The minimum absolute atomic E-state index is 0.179. The molecule has 1 aromatic heterocycles. The van der Waals surface area contributed by atoms with Crippen molar-refractivity contribution in [3.63, 3.8) is 0 Å². The molecule has 7 heteroatoms. The Hall–Kier alpha value is -4.13. The number of ketones is 1. The van der Waals surface area contributed by atoms with E-state index in [2.05, 4.69) is 11.9 Å². The Morgan fingerprint density at radius 3 is 2.53 bits per heavy atom. The Morgan fingerprint density at radius 2 is 1.78 bits per heavy atom. The molecule has 2 aromatic carbocycles. The number of hydrogen-bond donors (Lipinski definition) is 2. The summed E-state index contributed by atoms with van der Waals surface area (Å²) in [6, 6.07) is 13.8. The van der Waals surface area contributed by atoms with Crippen LogP contribution in [0.1, 0.15) is 36.5 Å². The zero-order chi connectivity index (χ0) is 22.7. The molecule has 1 aliphatic rings. The van der Waals surface area contributed by atoms with Gasteiger partial charge in [-0.25, -0.2) is 9.36 Å². The highest BCUT2D eigenvalue weighted by Crippen LogP contribution is 2.29. The topological polar surface area (TPSA) is 101 Å². The smallest absolute Gasteiger partial charge is 0.335 e. The second kappa shape index (κ2) is 8.93. The molecule has 162 valence electrons. The number of allylic oxidation sites excluding steroid dienone is 2. The molecule has 3 aromatic rings. The number of aromatic hydroxyl groups is 1. The Bertz CT molecular complexity index is 1340. The molecule has 0 unspecified atom stereocenters. The molecular weight excluding hydrogens is 408 g/mol. The van der Waals surface area contributed by atoms with E-state index in [0.29, 0.717) is 23.6 Å². The van der Waals surface area contributed by atoms with E-state index in [1.54, 1.807) is 42.5 Å². The molecule has 1 heterocycles. The number of carbonyl (C=O) groups excluding carboxylic acids is 1. The number of aromatic nitrogens is 2. The SMILES string of the molecule is CCCCOc1ccc(-n2c(O)c(C=C3C(=O)C=Cc4ccccc43)c(=O)[nH]c2=O)cc1. The summed E-state index contributed by atoms with van der Waals surface area (Å²) in [6.45, 7) is 2.65. The molecule has 0 saturated heterocycles. The normalized spacial score (nSPS) is 13.9. The van der Waals surface area contributed by atoms with Crippen molar-refractivity contribution in [1.82, 2.24) is 9.55 Å². The first-order valence-electron chi connectivity index (χ1n) is 10.3. The van der Waals surface area contributed by atoms with Crippen molar-refractivity contribution in [2.75, 3.05) is 6.61 Å². The van der Waals surface area contributed by atoms with Gasteiger partial charge in [0, 0.05) is 5.57 Å². The van der Waals surface area contributed by atoms with E-state index in [9.17, 15) is 19.5 Å². The molecule has 0 amide bonds. The second-order valence-corrected chi connectivity index (χ2v) is 7.37. The van der Waals surface area contributed by atoms with E-state index in [1.807, 2.05) is 12.1 Å². The summed E-state index contributed by atoms with van der Waals surface area (Å²) < 4.78 is 6.61. The minimum Gasteiger partial charge on any atom is -0.494 e. The number of aromatic amines is 1. The molecule has 32 heavy (non-hydrogen) atoms. The van der Waals surface area contributed by atoms with Gasteiger partial charge in [0.2, 0.25) is 5.88 Å². The maximum atomic E-state index is 12.5. The molecule has 4 rings (SSSR count). The van der Waals surface area contributed by atoms with E-state index in [-0.39, 0.29) is 16.9 Å². The third kappa shape index (κ3) is 4.05. The number of ether oxygens (including phenoxy) is 1. The molecule has 0 radical (unpaired) electrons. The molecule has 7 nitrogen and oxygen atoms in total. The second-order valence-electron chi connectivity index (χ2n) is 7.37. The highest BCUT2D eigenvalue weighted by molar-refractivity contribution is 6.33. The quantitative estimate of drug-likeness (QED) is 0.460. The molecule has 2 N–H and O–H groups in total. The van der Waals surface area contributed by atoms with Crippen molar-refractivity contribution in [2.45, 2.75) is 19.8 Å². The fraction of sp³-hybridized carbons (Fsp3) is 0.160. The number of fused-ring (bicyclic) bond motifs is 1. The van der Waals surface area contributed by atoms with Gasteiger partial charge in [-0.1, -0.05) is 43.7 Å². The molecule has 1 aliphatic carbocycles. The van der Waals surface area contributed by atoms with Crippen LogP contribution in [-0.2, 0) is 4.79 Å². The summed E-state index contributed by atoms with van der Waals surface area (Å²) in [6.07, 6.45) is 6.37. The number of nitrogens with zero attached hydrogens (tertiary/aromatic N) is 1. The van der Waals surface area contributed by atoms with Gasteiger partial charge >= 0.3 is 5.69 Å². The first kappa shape index (κ1) is 21.1.